The molecule has 0 spiro atoms. The third-order valence-electron chi connectivity index (χ3n) is 8.27. The molecule has 4 heterocycles. The standard InChI is InChI=1S/C29H39N5O3/c1-20(2)21-7-9-23(10-8-21)29(35,28(5)18-33(6)19-28)24-15-22(16-30-17-24)25-31-26(37-32-25)27(3,4)34-11-13-36-14-12-34/h7-10,15-17,20,35H,11-14,18-19H2,1-6H3/t29-/m0/s1. The number of likely N-dealkylation sites (tertiary alicyclic amines) is 1. The molecule has 3 aromatic rings. The van der Waals surface area contributed by atoms with Gasteiger partial charge in [0.15, 0.2) is 0 Å². The van der Waals surface area contributed by atoms with E-state index in [9.17, 15) is 5.11 Å². The van der Waals surface area contributed by atoms with Gasteiger partial charge in [0.25, 0.3) is 0 Å². The Morgan fingerprint density at radius 2 is 1.70 bits per heavy atom. The lowest BCUT2D eigenvalue weighted by Crippen LogP contribution is -2.63. The third kappa shape index (κ3) is 4.50. The van der Waals surface area contributed by atoms with Gasteiger partial charge in [-0.1, -0.05) is 50.2 Å². The second-order valence-electron chi connectivity index (χ2n) is 11.8. The number of nitrogens with zero attached hydrogens (tertiary/aromatic N) is 5. The molecule has 2 aliphatic rings. The van der Waals surface area contributed by atoms with Gasteiger partial charge in [0.1, 0.15) is 5.60 Å². The highest BCUT2D eigenvalue weighted by Crippen LogP contribution is 2.50. The maximum Gasteiger partial charge on any atom is 0.246 e. The summed E-state index contributed by atoms with van der Waals surface area (Å²) in [4.78, 5) is 13.8. The Bertz CT molecular complexity index is 1230. The Balaban J connectivity index is 1.52. The van der Waals surface area contributed by atoms with Crippen LogP contribution in [0.15, 0.2) is 47.2 Å². The molecule has 2 fully saturated rings. The summed E-state index contributed by atoms with van der Waals surface area (Å²) in [6.07, 6.45) is 3.50. The Labute approximate surface area is 219 Å². The number of aliphatic hydroxyl groups is 1. The van der Waals surface area contributed by atoms with Gasteiger partial charge >= 0.3 is 0 Å². The number of benzene rings is 1. The van der Waals surface area contributed by atoms with Crippen LogP contribution in [-0.4, -0.2) is 76.5 Å². The van der Waals surface area contributed by atoms with E-state index in [1.807, 2.05) is 6.07 Å². The highest BCUT2D eigenvalue weighted by molar-refractivity contribution is 5.56. The number of ether oxygens (including phenoxy) is 1. The van der Waals surface area contributed by atoms with Gasteiger partial charge in [0, 0.05) is 55.1 Å². The van der Waals surface area contributed by atoms with E-state index >= 15 is 0 Å². The highest BCUT2D eigenvalue weighted by atomic mass is 16.5. The van der Waals surface area contributed by atoms with Gasteiger partial charge in [-0.05, 0) is 44.0 Å². The second-order valence-corrected chi connectivity index (χ2v) is 11.8. The summed E-state index contributed by atoms with van der Waals surface area (Å²) in [5.74, 6) is 1.45. The number of morpholine rings is 1. The van der Waals surface area contributed by atoms with Crippen molar-refractivity contribution in [1.82, 2.24) is 24.9 Å². The summed E-state index contributed by atoms with van der Waals surface area (Å²) in [5.41, 5.74) is 1.56. The number of pyridine rings is 1. The molecule has 1 N–H and O–H groups in total. The van der Waals surface area contributed by atoms with Crippen LogP contribution >= 0.6 is 0 Å². The van der Waals surface area contributed by atoms with E-state index in [4.69, 9.17) is 14.2 Å². The smallest absolute Gasteiger partial charge is 0.246 e. The maximum atomic E-state index is 12.5. The summed E-state index contributed by atoms with van der Waals surface area (Å²) in [7, 11) is 2.08. The van der Waals surface area contributed by atoms with E-state index in [0.29, 0.717) is 30.8 Å². The molecule has 2 aliphatic heterocycles. The molecule has 0 saturated carbocycles. The first-order valence-electron chi connectivity index (χ1n) is 13.2. The molecule has 2 saturated heterocycles. The minimum Gasteiger partial charge on any atom is -0.380 e. The number of aromatic nitrogens is 3. The average molecular weight is 506 g/mol. The molecule has 0 unspecified atom stereocenters. The molecule has 198 valence electrons. The zero-order valence-corrected chi connectivity index (χ0v) is 22.9. The average Bonchev–Trinajstić information content (AvgIpc) is 3.39. The van der Waals surface area contributed by atoms with Gasteiger partial charge in [-0.3, -0.25) is 9.88 Å². The Kier molecular flexibility index (Phi) is 6.73. The van der Waals surface area contributed by atoms with E-state index in [1.54, 1.807) is 12.4 Å². The lowest BCUT2D eigenvalue weighted by atomic mass is 9.62. The number of hydrogen-bond acceptors (Lipinski definition) is 8. The van der Waals surface area contributed by atoms with Crippen LogP contribution in [0.5, 0.6) is 0 Å². The highest BCUT2D eigenvalue weighted by Gasteiger charge is 2.55. The minimum absolute atomic E-state index is 0.373. The molecule has 37 heavy (non-hydrogen) atoms. The third-order valence-corrected chi connectivity index (χ3v) is 8.27. The Morgan fingerprint density at radius 1 is 1.03 bits per heavy atom. The zero-order valence-electron chi connectivity index (χ0n) is 22.9. The van der Waals surface area contributed by atoms with Gasteiger partial charge in [0.05, 0.1) is 18.8 Å². The maximum absolute atomic E-state index is 12.5. The summed E-state index contributed by atoms with van der Waals surface area (Å²) >= 11 is 0. The topological polar surface area (TPSA) is 87.8 Å². The molecular weight excluding hydrogens is 466 g/mol. The zero-order chi connectivity index (χ0) is 26.4. The van der Waals surface area contributed by atoms with Crippen LogP contribution in [0.4, 0.5) is 0 Å². The fourth-order valence-corrected chi connectivity index (χ4v) is 5.95. The molecule has 1 atom stereocenters. The first-order chi connectivity index (χ1) is 17.5. The predicted octanol–water partition coefficient (Wildman–Crippen LogP) is 4.01. The van der Waals surface area contributed by atoms with Crippen LogP contribution in [-0.2, 0) is 15.9 Å². The van der Waals surface area contributed by atoms with Crippen LogP contribution < -0.4 is 0 Å². The van der Waals surface area contributed by atoms with E-state index in [-0.39, 0.29) is 5.41 Å². The molecule has 0 amide bonds. The first kappa shape index (κ1) is 26.0. The Hall–Kier alpha value is -2.65. The first-order valence-corrected chi connectivity index (χ1v) is 13.2. The summed E-state index contributed by atoms with van der Waals surface area (Å²) in [6.45, 7) is 15.3. The van der Waals surface area contributed by atoms with Gasteiger partial charge in [-0.25, -0.2) is 0 Å². The van der Waals surface area contributed by atoms with Crippen molar-refractivity contribution in [1.29, 1.82) is 0 Å². The fraction of sp³-hybridized carbons (Fsp3) is 0.552. The van der Waals surface area contributed by atoms with Crippen LogP contribution in [0.3, 0.4) is 0 Å². The molecular formula is C29H39N5O3. The van der Waals surface area contributed by atoms with Crippen molar-refractivity contribution in [3.8, 4) is 11.4 Å². The van der Waals surface area contributed by atoms with E-state index in [2.05, 4.69) is 85.9 Å². The molecule has 0 radical (unpaired) electrons. The van der Waals surface area contributed by atoms with Gasteiger partial charge in [-0.15, -0.1) is 0 Å². The minimum atomic E-state index is -1.22. The quantitative estimate of drug-likeness (QED) is 0.515. The van der Waals surface area contributed by atoms with Crippen molar-refractivity contribution >= 4 is 0 Å². The largest absolute Gasteiger partial charge is 0.380 e. The van der Waals surface area contributed by atoms with Gasteiger partial charge in [0.2, 0.25) is 11.7 Å². The van der Waals surface area contributed by atoms with Crippen molar-refractivity contribution in [3.05, 3.63) is 65.3 Å². The van der Waals surface area contributed by atoms with E-state index in [0.717, 1.165) is 42.9 Å². The number of hydrogen-bond donors (Lipinski definition) is 1. The lowest BCUT2D eigenvalue weighted by molar-refractivity contribution is -0.127. The molecule has 1 aromatic carbocycles. The van der Waals surface area contributed by atoms with Gasteiger partial charge in [-0.2, -0.15) is 4.98 Å². The lowest BCUT2D eigenvalue weighted by Gasteiger charge is -2.55. The molecule has 8 nitrogen and oxygen atoms in total. The van der Waals surface area contributed by atoms with Crippen molar-refractivity contribution in [3.63, 3.8) is 0 Å². The van der Waals surface area contributed by atoms with Crippen molar-refractivity contribution in [2.45, 2.75) is 51.7 Å². The molecule has 5 rings (SSSR count). The van der Waals surface area contributed by atoms with Crippen molar-refractivity contribution in [2.24, 2.45) is 5.41 Å². The van der Waals surface area contributed by atoms with Crippen LogP contribution in [0.25, 0.3) is 11.4 Å². The van der Waals surface area contributed by atoms with Crippen molar-refractivity contribution in [2.75, 3.05) is 46.4 Å². The molecule has 0 aliphatic carbocycles. The normalized spacial score (nSPS) is 20.5. The van der Waals surface area contributed by atoms with E-state index < -0.39 is 11.1 Å². The fourth-order valence-electron chi connectivity index (χ4n) is 5.95. The predicted molar refractivity (Wildman–Crippen MR) is 142 cm³/mol. The van der Waals surface area contributed by atoms with Crippen LogP contribution in [0.1, 0.15) is 63.1 Å². The molecule has 8 heteroatoms. The van der Waals surface area contributed by atoms with Crippen LogP contribution in [0, 0.1) is 5.41 Å². The van der Waals surface area contributed by atoms with Crippen molar-refractivity contribution < 1.29 is 14.4 Å². The second kappa shape index (κ2) is 9.58. The molecule has 2 aromatic heterocycles. The van der Waals surface area contributed by atoms with Gasteiger partial charge < -0.3 is 19.3 Å². The number of rotatable bonds is 7. The molecule has 0 bridgehead atoms. The Morgan fingerprint density at radius 3 is 2.32 bits per heavy atom. The van der Waals surface area contributed by atoms with Crippen LogP contribution in [0.2, 0.25) is 0 Å². The summed E-state index contributed by atoms with van der Waals surface area (Å²) in [5, 5.41) is 16.8. The van der Waals surface area contributed by atoms with E-state index in [1.165, 1.54) is 5.56 Å². The summed E-state index contributed by atoms with van der Waals surface area (Å²) in [6, 6.07) is 10.3. The SMILES string of the molecule is CC(C)c1ccc([C@](O)(c2cncc(-c3noc(C(C)(C)N4CCOCC4)n3)c2)C2(C)CN(C)C2)cc1. The monoisotopic (exact) mass is 505 g/mol. The summed E-state index contributed by atoms with van der Waals surface area (Å²) < 4.78 is 11.3.